The highest BCUT2D eigenvalue weighted by atomic mass is 16.5. The van der Waals surface area contributed by atoms with E-state index in [0.29, 0.717) is 19.4 Å². The minimum Gasteiger partial charge on any atom is -0.479 e. The molecular weight excluding hydrogens is 260 g/mol. The van der Waals surface area contributed by atoms with Crippen LogP contribution in [0.2, 0.25) is 0 Å². The average molecular weight is 284 g/mol. The number of carboxylic acids is 1. The fraction of sp³-hybridized carbons (Fsp3) is 0.857. The highest BCUT2D eigenvalue weighted by Crippen LogP contribution is 2.30. The van der Waals surface area contributed by atoms with Gasteiger partial charge in [-0.2, -0.15) is 0 Å². The van der Waals surface area contributed by atoms with Gasteiger partial charge in [-0.15, -0.1) is 0 Å². The van der Waals surface area contributed by atoms with Crippen molar-refractivity contribution in [2.24, 2.45) is 5.41 Å². The molecule has 3 atom stereocenters. The largest absolute Gasteiger partial charge is 0.479 e. The summed E-state index contributed by atoms with van der Waals surface area (Å²) in [7, 11) is 0. The summed E-state index contributed by atoms with van der Waals surface area (Å²) in [5, 5.41) is 15.1. The number of carbonyl (C=O) groups excluding carboxylic acids is 1. The second kappa shape index (κ2) is 6.54. The van der Waals surface area contributed by atoms with Crippen molar-refractivity contribution >= 4 is 11.9 Å². The molecule has 1 amide bonds. The molecule has 2 rings (SSSR count). The molecule has 2 heterocycles. The molecule has 2 fully saturated rings. The van der Waals surface area contributed by atoms with E-state index < -0.39 is 12.1 Å². The van der Waals surface area contributed by atoms with Crippen LogP contribution in [0.3, 0.4) is 0 Å². The Morgan fingerprint density at radius 3 is 2.80 bits per heavy atom. The second-order valence-electron chi connectivity index (χ2n) is 5.79. The Kier molecular flexibility index (Phi) is 4.99. The molecule has 114 valence electrons. The smallest absolute Gasteiger partial charge is 0.332 e. The number of rotatable bonds is 5. The molecule has 2 aliphatic heterocycles. The van der Waals surface area contributed by atoms with E-state index in [4.69, 9.17) is 9.84 Å². The standard InChI is InChI=1S/C14H24N2O4/c1-2-14(6-3-7-15-9-14)13(19)16-8-10-4-5-11(20-10)12(17)18/h10-11,15H,2-9H2,1H3,(H,16,19)(H,17,18). The van der Waals surface area contributed by atoms with Crippen LogP contribution >= 0.6 is 0 Å². The number of carboxylic acid groups (broad SMARTS) is 1. The van der Waals surface area contributed by atoms with Gasteiger partial charge in [-0.3, -0.25) is 4.79 Å². The summed E-state index contributed by atoms with van der Waals surface area (Å²) in [6, 6.07) is 0. The number of ether oxygens (including phenoxy) is 1. The van der Waals surface area contributed by atoms with Crippen molar-refractivity contribution in [1.82, 2.24) is 10.6 Å². The molecule has 0 bridgehead atoms. The Balaban J connectivity index is 1.81. The number of aliphatic carboxylic acids is 1. The van der Waals surface area contributed by atoms with Crippen LogP contribution in [0.1, 0.15) is 39.0 Å². The third kappa shape index (κ3) is 3.30. The molecule has 6 nitrogen and oxygen atoms in total. The van der Waals surface area contributed by atoms with Gasteiger partial charge < -0.3 is 20.5 Å². The van der Waals surface area contributed by atoms with Crippen LogP contribution in [0, 0.1) is 5.41 Å². The zero-order valence-corrected chi connectivity index (χ0v) is 12.0. The Morgan fingerprint density at radius 2 is 2.25 bits per heavy atom. The van der Waals surface area contributed by atoms with E-state index in [9.17, 15) is 9.59 Å². The average Bonchev–Trinajstić information content (AvgIpc) is 2.94. The summed E-state index contributed by atoms with van der Waals surface area (Å²) >= 11 is 0. The van der Waals surface area contributed by atoms with Crippen LogP contribution < -0.4 is 10.6 Å². The van der Waals surface area contributed by atoms with Gasteiger partial charge in [0.05, 0.1) is 11.5 Å². The summed E-state index contributed by atoms with van der Waals surface area (Å²) < 4.78 is 5.40. The monoisotopic (exact) mass is 284 g/mol. The summed E-state index contributed by atoms with van der Waals surface area (Å²) in [5.74, 6) is -0.852. The summed E-state index contributed by atoms with van der Waals surface area (Å²) in [6.45, 7) is 4.14. The van der Waals surface area contributed by atoms with E-state index >= 15 is 0 Å². The molecule has 0 aromatic carbocycles. The van der Waals surface area contributed by atoms with Crippen molar-refractivity contribution in [1.29, 1.82) is 0 Å². The first kappa shape index (κ1) is 15.3. The molecule has 20 heavy (non-hydrogen) atoms. The maximum atomic E-state index is 12.4. The maximum Gasteiger partial charge on any atom is 0.332 e. The molecule has 2 aliphatic rings. The Bertz CT molecular complexity index is 366. The third-order valence-electron chi connectivity index (χ3n) is 4.50. The van der Waals surface area contributed by atoms with E-state index in [1.54, 1.807) is 0 Å². The number of nitrogens with one attached hydrogen (secondary N) is 2. The Morgan fingerprint density at radius 1 is 1.45 bits per heavy atom. The summed E-state index contributed by atoms with van der Waals surface area (Å²) in [4.78, 5) is 23.2. The van der Waals surface area contributed by atoms with E-state index in [1.165, 1.54) is 0 Å². The van der Waals surface area contributed by atoms with Crippen molar-refractivity contribution in [3.63, 3.8) is 0 Å². The highest BCUT2D eigenvalue weighted by molar-refractivity contribution is 5.83. The quantitative estimate of drug-likeness (QED) is 0.685. The lowest BCUT2D eigenvalue weighted by Gasteiger charge is -2.35. The second-order valence-corrected chi connectivity index (χ2v) is 5.79. The molecule has 0 saturated carbocycles. The number of amides is 1. The first-order valence-electron chi connectivity index (χ1n) is 7.45. The summed E-state index contributed by atoms with van der Waals surface area (Å²) in [5.41, 5.74) is -0.316. The van der Waals surface area contributed by atoms with Gasteiger partial charge in [-0.05, 0) is 38.6 Å². The highest BCUT2D eigenvalue weighted by Gasteiger charge is 2.38. The molecular formula is C14H24N2O4. The van der Waals surface area contributed by atoms with Crippen molar-refractivity contribution < 1.29 is 19.4 Å². The SMILES string of the molecule is CCC1(C(=O)NCC2CCC(C(=O)O)O2)CCCNC1. The van der Waals surface area contributed by atoms with Crippen LogP contribution in [0.5, 0.6) is 0 Å². The van der Waals surface area contributed by atoms with Crippen LogP contribution in [0.25, 0.3) is 0 Å². The Hall–Kier alpha value is -1.14. The van der Waals surface area contributed by atoms with Gasteiger partial charge >= 0.3 is 5.97 Å². The molecule has 3 unspecified atom stereocenters. The third-order valence-corrected chi connectivity index (χ3v) is 4.50. The zero-order valence-electron chi connectivity index (χ0n) is 12.0. The van der Waals surface area contributed by atoms with Crippen molar-refractivity contribution in [2.75, 3.05) is 19.6 Å². The van der Waals surface area contributed by atoms with E-state index in [-0.39, 0.29) is 17.4 Å². The van der Waals surface area contributed by atoms with Gasteiger partial charge in [0.15, 0.2) is 6.10 Å². The normalized spacial score (nSPS) is 33.9. The molecule has 0 spiro atoms. The van der Waals surface area contributed by atoms with Gasteiger partial charge in [0, 0.05) is 13.1 Å². The van der Waals surface area contributed by atoms with E-state index in [0.717, 1.165) is 32.4 Å². The van der Waals surface area contributed by atoms with Gasteiger partial charge in [-0.25, -0.2) is 4.79 Å². The van der Waals surface area contributed by atoms with Crippen molar-refractivity contribution in [2.45, 2.75) is 51.2 Å². The molecule has 0 aromatic rings. The molecule has 2 saturated heterocycles. The minimum atomic E-state index is -0.916. The number of piperidine rings is 1. The lowest BCUT2D eigenvalue weighted by Crippen LogP contribution is -2.51. The first-order chi connectivity index (χ1) is 9.57. The predicted molar refractivity (Wildman–Crippen MR) is 73.4 cm³/mol. The fourth-order valence-electron chi connectivity index (χ4n) is 3.06. The number of hydrogen-bond acceptors (Lipinski definition) is 4. The van der Waals surface area contributed by atoms with Gasteiger partial charge in [0.1, 0.15) is 0 Å². The van der Waals surface area contributed by atoms with Crippen LogP contribution in [-0.2, 0) is 14.3 Å². The lowest BCUT2D eigenvalue weighted by atomic mass is 9.77. The minimum absolute atomic E-state index is 0.0644. The maximum absolute atomic E-state index is 12.4. The predicted octanol–water partition coefficient (Wildman–Crippen LogP) is 0.515. The summed E-state index contributed by atoms with van der Waals surface area (Å²) in [6.07, 6.45) is 3.06. The fourth-order valence-corrected chi connectivity index (χ4v) is 3.06. The molecule has 0 aliphatic carbocycles. The number of hydrogen-bond donors (Lipinski definition) is 3. The molecule has 3 N–H and O–H groups in total. The molecule has 0 radical (unpaired) electrons. The molecule has 0 aromatic heterocycles. The van der Waals surface area contributed by atoms with Gasteiger partial charge in [-0.1, -0.05) is 6.92 Å². The molecule has 6 heteroatoms. The zero-order chi connectivity index (χ0) is 14.6. The lowest BCUT2D eigenvalue weighted by molar-refractivity contribution is -0.149. The Labute approximate surface area is 119 Å². The van der Waals surface area contributed by atoms with Crippen molar-refractivity contribution in [3.8, 4) is 0 Å². The van der Waals surface area contributed by atoms with Gasteiger partial charge in [0.25, 0.3) is 0 Å². The van der Waals surface area contributed by atoms with E-state index in [1.807, 2.05) is 6.92 Å². The van der Waals surface area contributed by atoms with Crippen LogP contribution in [0.4, 0.5) is 0 Å². The van der Waals surface area contributed by atoms with Crippen molar-refractivity contribution in [3.05, 3.63) is 0 Å². The number of carbonyl (C=O) groups is 2. The first-order valence-corrected chi connectivity index (χ1v) is 7.45. The van der Waals surface area contributed by atoms with Crippen LogP contribution in [0.15, 0.2) is 0 Å². The van der Waals surface area contributed by atoms with E-state index in [2.05, 4.69) is 10.6 Å². The van der Waals surface area contributed by atoms with Crippen LogP contribution in [-0.4, -0.2) is 48.8 Å². The topological polar surface area (TPSA) is 87.7 Å². The van der Waals surface area contributed by atoms with Gasteiger partial charge in [0.2, 0.25) is 5.91 Å².